The molecule has 0 amide bonds. The predicted octanol–water partition coefficient (Wildman–Crippen LogP) is 1.50. The Kier molecular flexibility index (Phi) is 3.53. The zero-order valence-corrected chi connectivity index (χ0v) is 5.65. The Morgan fingerprint density at radius 3 is 2.38 bits per heavy atom. The molecule has 1 atom stereocenters. The summed E-state index contributed by atoms with van der Waals surface area (Å²) in [5.74, 6) is 0. The Bertz CT molecular complexity index is 80.4. The fraction of sp³-hybridized carbons (Fsp3) is 0.571. The molecule has 1 nitrogen and oxygen atoms in total. The molecule has 0 fully saturated rings. The van der Waals surface area contributed by atoms with E-state index in [0.29, 0.717) is 0 Å². The molecule has 0 heterocycles. The minimum Gasteiger partial charge on any atom is -0.324 e. The fourth-order valence-corrected chi connectivity index (χ4v) is 0.511. The maximum atomic E-state index is 5.54. The molecule has 0 aromatic rings. The van der Waals surface area contributed by atoms with Crippen molar-refractivity contribution in [1.82, 2.24) is 0 Å². The topological polar surface area (TPSA) is 26.0 Å². The average molecular weight is 112 g/mol. The molecule has 0 saturated carbocycles. The smallest absolute Gasteiger partial charge is 0.0226 e. The first-order valence-corrected chi connectivity index (χ1v) is 2.86. The van der Waals surface area contributed by atoms with E-state index in [1.807, 2.05) is 19.9 Å². The van der Waals surface area contributed by atoms with Crippen molar-refractivity contribution in [3.05, 3.63) is 18.6 Å². The minimum absolute atomic E-state index is 0.153. The highest BCUT2D eigenvalue weighted by molar-refractivity contribution is 4.99. The summed E-state index contributed by atoms with van der Waals surface area (Å²) in [4.78, 5) is 0. The van der Waals surface area contributed by atoms with E-state index in [-0.39, 0.29) is 6.04 Å². The van der Waals surface area contributed by atoms with E-state index in [9.17, 15) is 0 Å². The predicted molar refractivity (Wildman–Crippen MR) is 37.4 cm³/mol. The molecule has 0 aliphatic rings. The molecule has 0 saturated heterocycles. The van der Waals surface area contributed by atoms with Crippen molar-refractivity contribution in [3.8, 4) is 0 Å². The summed E-state index contributed by atoms with van der Waals surface area (Å²) in [5, 5.41) is 0. The van der Waals surface area contributed by atoms with Crippen LogP contribution >= 0.6 is 0 Å². The molecule has 2 N–H and O–H groups in total. The van der Waals surface area contributed by atoms with Gasteiger partial charge in [0, 0.05) is 6.04 Å². The van der Waals surface area contributed by atoms with Crippen LogP contribution in [0.2, 0.25) is 0 Å². The summed E-state index contributed by atoms with van der Waals surface area (Å²) in [6.07, 6.45) is 2.80. The van der Waals surface area contributed by atoms with Gasteiger partial charge in [-0.3, -0.25) is 0 Å². The zero-order chi connectivity index (χ0) is 6.57. The van der Waals surface area contributed by atoms with Crippen LogP contribution in [0.15, 0.2) is 11.6 Å². The van der Waals surface area contributed by atoms with Crippen LogP contribution in [-0.2, 0) is 0 Å². The van der Waals surface area contributed by atoms with Crippen LogP contribution in [0, 0.1) is 6.92 Å². The maximum absolute atomic E-state index is 5.54. The van der Waals surface area contributed by atoms with Crippen molar-refractivity contribution in [2.45, 2.75) is 26.3 Å². The van der Waals surface area contributed by atoms with Crippen LogP contribution in [0.25, 0.3) is 0 Å². The summed E-state index contributed by atoms with van der Waals surface area (Å²) in [6, 6.07) is 0.153. The van der Waals surface area contributed by atoms with Crippen LogP contribution in [0.3, 0.4) is 0 Å². The molecular weight excluding hydrogens is 98.1 g/mol. The summed E-state index contributed by atoms with van der Waals surface area (Å²) in [7, 11) is 0. The molecule has 0 bridgehead atoms. The van der Waals surface area contributed by atoms with E-state index in [0.717, 1.165) is 6.42 Å². The van der Waals surface area contributed by atoms with Crippen molar-refractivity contribution in [2.75, 3.05) is 0 Å². The minimum atomic E-state index is 0.153. The summed E-state index contributed by atoms with van der Waals surface area (Å²) >= 11 is 0. The summed E-state index contributed by atoms with van der Waals surface area (Å²) in [6.45, 7) is 7.74. The molecule has 1 unspecified atom stereocenters. The molecule has 0 aliphatic heterocycles. The number of hydrogen-bond donors (Lipinski definition) is 1. The standard InChI is InChI=1S/C7H14N/c1-4-7(8)5-6(2)3/h5,7H,1,4,8H2,2-3H3. The number of nitrogens with two attached hydrogens (primary N) is 1. The van der Waals surface area contributed by atoms with Crippen LogP contribution in [-0.4, -0.2) is 6.04 Å². The SMILES string of the molecule is [CH2]CC(N)C=C(C)C. The molecule has 0 aromatic carbocycles. The highest BCUT2D eigenvalue weighted by atomic mass is 14.6. The van der Waals surface area contributed by atoms with Gasteiger partial charge >= 0.3 is 0 Å². The largest absolute Gasteiger partial charge is 0.324 e. The van der Waals surface area contributed by atoms with E-state index in [1.54, 1.807) is 0 Å². The monoisotopic (exact) mass is 112 g/mol. The van der Waals surface area contributed by atoms with Gasteiger partial charge in [-0.2, -0.15) is 0 Å². The lowest BCUT2D eigenvalue weighted by Gasteiger charge is -2.00. The molecule has 1 heteroatoms. The number of rotatable bonds is 2. The van der Waals surface area contributed by atoms with Crippen molar-refractivity contribution < 1.29 is 0 Å². The molecule has 8 heavy (non-hydrogen) atoms. The lowest BCUT2D eigenvalue weighted by molar-refractivity contribution is 0.824. The molecule has 0 rings (SSSR count). The van der Waals surface area contributed by atoms with Gasteiger partial charge in [-0.25, -0.2) is 0 Å². The Morgan fingerprint density at radius 1 is 1.75 bits per heavy atom. The van der Waals surface area contributed by atoms with E-state index in [1.165, 1.54) is 5.57 Å². The lowest BCUT2D eigenvalue weighted by Crippen LogP contribution is -2.15. The maximum Gasteiger partial charge on any atom is 0.0226 e. The normalized spacial score (nSPS) is 13.0. The first kappa shape index (κ1) is 7.70. The van der Waals surface area contributed by atoms with Gasteiger partial charge in [-0.1, -0.05) is 18.6 Å². The Hall–Kier alpha value is -0.300. The van der Waals surface area contributed by atoms with Gasteiger partial charge in [0.1, 0.15) is 0 Å². The fourth-order valence-electron chi connectivity index (χ4n) is 0.511. The van der Waals surface area contributed by atoms with Gasteiger partial charge in [0.05, 0.1) is 0 Å². The second-order valence-corrected chi connectivity index (χ2v) is 2.20. The van der Waals surface area contributed by atoms with Gasteiger partial charge in [-0.05, 0) is 20.3 Å². The highest BCUT2D eigenvalue weighted by Gasteiger charge is 1.89. The van der Waals surface area contributed by atoms with Crippen LogP contribution in [0.5, 0.6) is 0 Å². The van der Waals surface area contributed by atoms with E-state index >= 15 is 0 Å². The van der Waals surface area contributed by atoms with Gasteiger partial charge in [0.15, 0.2) is 0 Å². The zero-order valence-electron chi connectivity index (χ0n) is 5.65. The third kappa shape index (κ3) is 3.88. The third-order valence-electron chi connectivity index (χ3n) is 0.881. The first-order chi connectivity index (χ1) is 3.66. The number of allylic oxidation sites excluding steroid dienone is 1. The third-order valence-corrected chi connectivity index (χ3v) is 0.881. The Labute approximate surface area is 51.6 Å². The van der Waals surface area contributed by atoms with Crippen molar-refractivity contribution in [1.29, 1.82) is 0 Å². The van der Waals surface area contributed by atoms with Crippen LogP contribution in [0.1, 0.15) is 20.3 Å². The second-order valence-electron chi connectivity index (χ2n) is 2.20. The molecule has 0 spiro atoms. The lowest BCUT2D eigenvalue weighted by atomic mass is 10.2. The molecule has 47 valence electrons. The number of hydrogen-bond acceptors (Lipinski definition) is 1. The van der Waals surface area contributed by atoms with Gasteiger partial charge in [0.25, 0.3) is 0 Å². The Morgan fingerprint density at radius 2 is 2.25 bits per heavy atom. The van der Waals surface area contributed by atoms with Gasteiger partial charge in [0.2, 0.25) is 0 Å². The van der Waals surface area contributed by atoms with Gasteiger partial charge in [-0.15, -0.1) is 0 Å². The average Bonchev–Trinajstić information content (AvgIpc) is 1.65. The van der Waals surface area contributed by atoms with Crippen LogP contribution in [0.4, 0.5) is 0 Å². The van der Waals surface area contributed by atoms with E-state index in [2.05, 4.69) is 6.92 Å². The van der Waals surface area contributed by atoms with E-state index < -0.39 is 0 Å². The summed E-state index contributed by atoms with van der Waals surface area (Å²) in [5.41, 5.74) is 6.80. The second kappa shape index (κ2) is 3.67. The summed E-state index contributed by atoms with van der Waals surface area (Å²) < 4.78 is 0. The molecule has 0 aliphatic carbocycles. The molecule has 1 radical (unpaired) electrons. The highest BCUT2D eigenvalue weighted by Crippen LogP contribution is 1.93. The van der Waals surface area contributed by atoms with Crippen molar-refractivity contribution in [3.63, 3.8) is 0 Å². The van der Waals surface area contributed by atoms with E-state index in [4.69, 9.17) is 5.73 Å². The van der Waals surface area contributed by atoms with Crippen molar-refractivity contribution >= 4 is 0 Å². The van der Waals surface area contributed by atoms with Crippen molar-refractivity contribution in [2.24, 2.45) is 5.73 Å². The Balaban J connectivity index is 3.51. The quantitative estimate of drug-likeness (QED) is 0.538. The molecule has 0 aromatic heterocycles. The van der Waals surface area contributed by atoms with Crippen LogP contribution < -0.4 is 5.73 Å². The van der Waals surface area contributed by atoms with Gasteiger partial charge < -0.3 is 5.73 Å². The molecular formula is C7H14N. The first-order valence-electron chi connectivity index (χ1n) is 2.86.